The molecule has 5 heteroatoms. The highest BCUT2D eigenvalue weighted by atomic mass is 19.3. The van der Waals surface area contributed by atoms with Gasteiger partial charge in [0.15, 0.2) is 0 Å². The molecular weight excluding hydrogens is 257 g/mol. The Morgan fingerprint density at radius 1 is 1.00 bits per heavy atom. The lowest BCUT2D eigenvalue weighted by Crippen LogP contribution is -2.16. The molecule has 0 heterocycles. The second-order valence-corrected chi connectivity index (χ2v) is 3.97. The predicted molar refractivity (Wildman–Crippen MR) is 62.8 cm³/mol. The molecule has 98 valence electrons. The third kappa shape index (κ3) is 2.59. The van der Waals surface area contributed by atoms with E-state index in [0.29, 0.717) is 0 Å². The Labute approximate surface area is 107 Å². The van der Waals surface area contributed by atoms with Gasteiger partial charge in [-0.2, -0.15) is 8.78 Å². The zero-order valence-electron chi connectivity index (χ0n) is 9.61. The number of alkyl halides is 2. The van der Waals surface area contributed by atoms with Gasteiger partial charge in [0, 0.05) is 11.1 Å². The normalized spacial score (nSPS) is 11.3. The largest absolute Gasteiger partial charge is 0.478 e. The summed E-state index contributed by atoms with van der Waals surface area (Å²) < 4.78 is 41.0. The lowest BCUT2D eigenvalue weighted by molar-refractivity contribution is 0.0426. The lowest BCUT2D eigenvalue weighted by Gasteiger charge is -2.17. The first kappa shape index (κ1) is 13.1. The van der Waals surface area contributed by atoms with Crippen molar-refractivity contribution >= 4 is 5.97 Å². The van der Waals surface area contributed by atoms with Crippen LogP contribution in [0.2, 0.25) is 0 Å². The van der Waals surface area contributed by atoms with E-state index in [2.05, 4.69) is 0 Å². The van der Waals surface area contributed by atoms with E-state index < -0.39 is 28.8 Å². The molecule has 0 amide bonds. The minimum atomic E-state index is -3.38. The summed E-state index contributed by atoms with van der Waals surface area (Å²) in [6, 6.07) is 8.34. The van der Waals surface area contributed by atoms with Crippen molar-refractivity contribution in [2.24, 2.45) is 0 Å². The van der Waals surface area contributed by atoms with Crippen LogP contribution in [0.25, 0.3) is 0 Å². The molecule has 0 aliphatic carbocycles. The number of benzene rings is 2. The van der Waals surface area contributed by atoms with Crippen LogP contribution in [0.4, 0.5) is 13.2 Å². The monoisotopic (exact) mass is 266 g/mol. The van der Waals surface area contributed by atoms with E-state index in [1.165, 1.54) is 12.1 Å². The van der Waals surface area contributed by atoms with Gasteiger partial charge in [0.25, 0.3) is 5.92 Å². The summed E-state index contributed by atoms with van der Waals surface area (Å²) in [6.07, 6.45) is 0. The van der Waals surface area contributed by atoms with Crippen LogP contribution in [0.1, 0.15) is 21.5 Å². The van der Waals surface area contributed by atoms with Gasteiger partial charge >= 0.3 is 5.97 Å². The number of carboxylic acid groups (broad SMARTS) is 1. The molecule has 0 spiro atoms. The molecule has 0 radical (unpaired) electrons. The summed E-state index contributed by atoms with van der Waals surface area (Å²) in [5.74, 6) is -5.27. The average molecular weight is 266 g/mol. The zero-order chi connectivity index (χ0) is 14.0. The van der Waals surface area contributed by atoms with Crippen molar-refractivity contribution < 1.29 is 23.1 Å². The highest BCUT2D eigenvalue weighted by Crippen LogP contribution is 2.35. The van der Waals surface area contributed by atoms with Crippen molar-refractivity contribution in [3.8, 4) is 0 Å². The van der Waals surface area contributed by atoms with Gasteiger partial charge in [-0.1, -0.05) is 12.1 Å². The molecule has 2 rings (SSSR count). The standard InChI is InChI=1S/C14H9F3O2/c15-12-6-4-10(5-7-12)14(16,17)11-3-1-2-9(8-11)13(18)19/h1-8H,(H,18,19). The first-order valence-electron chi connectivity index (χ1n) is 5.39. The number of aromatic carboxylic acids is 1. The van der Waals surface area contributed by atoms with Crippen molar-refractivity contribution in [1.82, 2.24) is 0 Å². The first-order valence-corrected chi connectivity index (χ1v) is 5.39. The molecule has 0 fully saturated rings. The Morgan fingerprint density at radius 3 is 2.21 bits per heavy atom. The quantitative estimate of drug-likeness (QED) is 0.920. The maximum absolute atomic E-state index is 14.1. The molecule has 0 atom stereocenters. The van der Waals surface area contributed by atoms with Crippen molar-refractivity contribution in [2.45, 2.75) is 5.92 Å². The van der Waals surface area contributed by atoms with Crippen LogP contribution in [0, 0.1) is 5.82 Å². The lowest BCUT2D eigenvalue weighted by atomic mass is 9.98. The number of carbonyl (C=O) groups is 1. The van der Waals surface area contributed by atoms with E-state index in [0.717, 1.165) is 36.4 Å². The topological polar surface area (TPSA) is 37.3 Å². The van der Waals surface area contributed by atoms with Crippen molar-refractivity contribution in [1.29, 1.82) is 0 Å². The fourth-order valence-electron chi connectivity index (χ4n) is 1.67. The van der Waals surface area contributed by atoms with Gasteiger partial charge in [0.2, 0.25) is 0 Å². The summed E-state index contributed by atoms with van der Waals surface area (Å²) in [5, 5.41) is 8.79. The van der Waals surface area contributed by atoms with Crippen LogP contribution in [-0.2, 0) is 5.92 Å². The third-order valence-electron chi connectivity index (χ3n) is 2.68. The van der Waals surface area contributed by atoms with Crippen LogP contribution in [0.15, 0.2) is 48.5 Å². The summed E-state index contributed by atoms with van der Waals surface area (Å²) in [6.45, 7) is 0. The Morgan fingerprint density at radius 2 is 1.63 bits per heavy atom. The summed E-state index contributed by atoms with van der Waals surface area (Å²) in [5.41, 5.74) is -1.06. The minimum absolute atomic E-state index is 0.223. The van der Waals surface area contributed by atoms with Crippen molar-refractivity contribution in [3.05, 3.63) is 71.0 Å². The minimum Gasteiger partial charge on any atom is -0.478 e. The number of hydrogen-bond donors (Lipinski definition) is 1. The molecule has 2 nitrogen and oxygen atoms in total. The predicted octanol–water partition coefficient (Wildman–Crippen LogP) is 3.66. The summed E-state index contributed by atoms with van der Waals surface area (Å²) in [7, 11) is 0. The number of hydrogen-bond acceptors (Lipinski definition) is 1. The van der Waals surface area contributed by atoms with Gasteiger partial charge in [0.05, 0.1) is 5.56 Å². The van der Waals surface area contributed by atoms with Gasteiger partial charge in [0.1, 0.15) is 5.82 Å². The Bertz CT molecular complexity index is 606. The van der Waals surface area contributed by atoms with Crippen molar-refractivity contribution in [2.75, 3.05) is 0 Å². The average Bonchev–Trinajstić information content (AvgIpc) is 2.39. The Kier molecular flexibility index (Phi) is 3.29. The van der Waals surface area contributed by atoms with Gasteiger partial charge in [-0.15, -0.1) is 0 Å². The Balaban J connectivity index is 2.46. The number of halogens is 3. The van der Waals surface area contributed by atoms with E-state index in [-0.39, 0.29) is 5.56 Å². The molecule has 0 bridgehead atoms. The molecule has 0 aliphatic heterocycles. The van der Waals surface area contributed by atoms with Crippen LogP contribution in [-0.4, -0.2) is 11.1 Å². The van der Waals surface area contributed by atoms with Gasteiger partial charge < -0.3 is 5.11 Å². The van der Waals surface area contributed by atoms with Crippen LogP contribution >= 0.6 is 0 Å². The van der Waals surface area contributed by atoms with E-state index >= 15 is 0 Å². The summed E-state index contributed by atoms with van der Waals surface area (Å²) in [4.78, 5) is 10.8. The van der Waals surface area contributed by atoms with Gasteiger partial charge in [-0.3, -0.25) is 0 Å². The fourth-order valence-corrected chi connectivity index (χ4v) is 1.67. The molecule has 0 unspecified atom stereocenters. The second kappa shape index (κ2) is 4.76. The first-order chi connectivity index (χ1) is 8.91. The molecule has 19 heavy (non-hydrogen) atoms. The molecule has 0 saturated carbocycles. The highest BCUT2D eigenvalue weighted by Gasteiger charge is 2.34. The van der Waals surface area contributed by atoms with Crippen LogP contribution in [0.3, 0.4) is 0 Å². The zero-order valence-corrected chi connectivity index (χ0v) is 9.61. The van der Waals surface area contributed by atoms with E-state index in [1.807, 2.05) is 0 Å². The van der Waals surface area contributed by atoms with Gasteiger partial charge in [-0.05, 0) is 36.4 Å². The Hall–Kier alpha value is -2.30. The van der Waals surface area contributed by atoms with E-state index in [1.54, 1.807) is 0 Å². The molecule has 2 aromatic carbocycles. The fraction of sp³-hybridized carbons (Fsp3) is 0.0714. The number of rotatable bonds is 3. The second-order valence-electron chi connectivity index (χ2n) is 3.97. The molecular formula is C14H9F3O2. The smallest absolute Gasteiger partial charge is 0.335 e. The maximum atomic E-state index is 14.1. The van der Waals surface area contributed by atoms with Crippen LogP contribution < -0.4 is 0 Å². The van der Waals surface area contributed by atoms with Crippen molar-refractivity contribution in [3.63, 3.8) is 0 Å². The molecule has 1 N–H and O–H groups in total. The highest BCUT2D eigenvalue weighted by molar-refractivity contribution is 5.87. The van der Waals surface area contributed by atoms with E-state index in [9.17, 15) is 18.0 Å². The molecule has 0 aliphatic rings. The summed E-state index contributed by atoms with van der Waals surface area (Å²) >= 11 is 0. The van der Waals surface area contributed by atoms with Crippen LogP contribution in [0.5, 0.6) is 0 Å². The third-order valence-corrected chi connectivity index (χ3v) is 2.68. The number of carboxylic acids is 1. The maximum Gasteiger partial charge on any atom is 0.335 e. The SMILES string of the molecule is O=C(O)c1cccc(C(F)(F)c2ccc(F)cc2)c1. The van der Waals surface area contributed by atoms with E-state index in [4.69, 9.17) is 5.11 Å². The molecule has 0 saturated heterocycles. The molecule has 0 aromatic heterocycles. The van der Waals surface area contributed by atoms with Gasteiger partial charge in [-0.25, -0.2) is 9.18 Å². The molecule has 2 aromatic rings.